The summed E-state index contributed by atoms with van der Waals surface area (Å²) in [4.78, 5) is 0. The maximum Gasteiger partial charge on any atom is 0.647 e. The van der Waals surface area contributed by atoms with E-state index in [1.807, 2.05) is 70.2 Å². The van der Waals surface area contributed by atoms with Crippen LogP contribution in [0.3, 0.4) is 0 Å². The second-order valence-electron chi connectivity index (χ2n) is 6.57. The predicted octanol–water partition coefficient (Wildman–Crippen LogP) is 6.57. The monoisotopic (exact) mass is 382 g/mol. The molecule has 27 heavy (non-hydrogen) atoms. The van der Waals surface area contributed by atoms with E-state index in [1.54, 1.807) is 24.3 Å². The number of rotatable bonds is 6. The van der Waals surface area contributed by atoms with Crippen LogP contribution in [-0.4, -0.2) is 0 Å². The summed E-state index contributed by atoms with van der Waals surface area (Å²) in [5, 5.41) is 0. The molecule has 0 spiro atoms. The number of phosphoric ester groups is 1. The van der Waals surface area contributed by atoms with Crippen molar-refractivity contribution in [1.82, 2.24) is 0 Å². The van der Waals surface area contributed by atoms with Gasteiger partial charge in [0, 0.05) is 0 Å². The van der Waals surface area contributed by atoms with Crippen LogP contribution in [-0.2, 0) is 4.57 Å². The predicted molar refractivity (Wildman–Crippen MR) is 108 cm³/mol. The molecule has 3 aromatic carbocycles. The summed E-state index contributed by atoms with van der Waals surface area (Å²) in [6.07, 6.45) is 0. The van der Waals surface area contributed by atoms with Crippen molar-refractivity contribution in [2.45, 2.75) is 27.7 Å². The van der Waals surface area contributed by atoms with E-state index in [-0.39, 0.29) is 0 Å². The van der Waals surface area contributed by atoms with Crippen LogP contribution in [0.15, 0.2) is 66.7 Å². The van der Waals surface area contributed by atoms with E-state index in [0.717, 1.165) is 22.3 Å². The minimum Gasteiger partial charge on any atom is -0.386 e. The molecular weight excluding hydrogens is 359 g/mol. The third-order valence-corrected chi connectivity index (χ3v) is 5.34. The van der Waals surface area contributed by atoms with Gasteiger partial charge in [0.15, 0.2) is 0 Å². The van der Waals surface area contributed by atoms with Gasteiger partial charge in [-0.1, -0.05) is 42.5 Å². The van der Waals surface area contributed by atoms with Crippen LogP contribution in [0.5, 0.6) is 17.2 Å². The van der Waals surface area contributed by atoms with E-state index >= 15 is 0 Å². The number of benzene rings is 3. The average molecular weight is 382 g/mol. The molecule has 0 aliphatic carbocycles. The van der Waals surface area contributed by atoms with E-state index in [1.165, 1.54) is 0 Å². The normalized spacial score (nSPS) is 11.1. The van der Waals surface area contributed by atoms with Gasteiger partial charge >= 0.3 is 7.82 Å². The second kappa shape index (κ2) is 7.89. The Kier molecular flexibility index (Phi) is 5.57. The fraction of sp³-hybridized carbons (Fsp3) is 0.182. The van der Waals surface area contributed by atoms with Gasteiger partial charge in [0.1, 0.15) is 17.2 Å². The average Bonchev–Trinajstić information content (AvgIpc) is 2.62. The van der Waals surface area contributed by atoms with Crippen molar-refractivity contribution in [3.63, 3.8) is 0 Å². The standard InChI is InChI=1S/C22H23O4P/c1-16-10-12-18(3)21(14-16)25-27(23,24-20-8-6-5-7-9-20)26-22-15-17(2)11-13-19(22)4/h5-15H,1-4H3. The van der Waals surface area contributed by atoms with Crippen LogP contribution in [0.4, 0.5) is 0 Å². The number of aryl methyl sites for hydroxylation is 4. The summed E-state index contributed by atoms with van der Waals surface area (Å²) >= 11 is 0. The molecule has 0 amide bonds. The lowest BCUT2D eigenvalue weighted by Crippen LogP contribution is -2.09. The highest BCUT2D eigenvalue weighted by molar-refractivity contribution is 7.49. The molecule has 0 N–H and O–H groups in total. The van der Waals surface area contributed by atoms with Crippen LogP contribution in [0, 0.1) is 27.7 Å². The first-order valence-electron chi connectivity index (χ1n) is 8.73. The Morgan fingerprint density at radius 2 is 1.11 bits per heavy atom. The van der Waals surface area contributed by atoms with Gasteiger partial charge < -0.3 is 13.6 Å². The van der Waals surface area contributed by atoms with E-state index < -0.39 is 7.82 Å². The maximum atomic E-state index is 13.6. The Hall–Kier alpha value is -2.71. The van der Waals surface area contributed by atoms with Crippen LogP contribution >= 0.6 is 7.82 Å². The molecule has 0 heterocycles. The van der Waals surface area contributed by atoms with Gasteiger partial charge in [0.05, 0.1) is 0 Å². The zero-order valence-electron chi connectivity index (χ0n) is 15.9. The van der Waals surface area contributed by atoms with Gasteiger partial charge in [-0.05, 0) is 74.2 Å². The third-order valence-electron chi connectivity index (χ3n) is 4.07. The molecule has 0 bridgehead atoms. The first kappa shape index (κ1) is 19.1. The Bertz CT molecular complexity index is 925. The van der Waals surface area contributed by atoms with Gasteiger partial charge in [-0.25, -0.2) is 0 Å². The molecule has 0 radical (unpaired) electrons. The lowest BCUT2D eigenvalue weighted by molar-refractivity contribution is 0.297. The first-order chi connectivity index (χ1) is 12.8. The lowest BCUT2D eigenvalue weighted by atomic mass is 10.1. The fourth-order valence-corrected chi connectivity index (χ4v) is 3.89. The molecular formula is C22H23O4P. The van der Waals surface area contributed by atoms with Gasteiger partial charge in [0.25, 0.3) is 0 Å². The Balaban J connectivity index is 1.98. The lowest BCUT2D eigenvalue weighted by Gasteiger charge is -2.21. The summed E-state index contributed by atoms with van der Waals surface area (Å²) < 4.78 is 30.9. The summed E-state index contributed by atoms with van der Waals surface area (Å²) in [5.74, 6) is 1.36. The van der Waals surface area contributed by atoms with Crippen molar-refractivity contribution >= 4 is 7.82 Å². The molecule has 0 atom stereocenters. The van der Waals surface area contributed by atoms with Crippen LogP contribution < -0.4 is 13.6 Å². The van der Waals surface area contributed by atoms with Crippen molar-refractivity contribution in [3.05, 3.63) is 89.0 Å². The van der Waals surface area contributed by atoms with Crippen molar-refractivity contribution in [2.75, 3.05) is 0 Å². The number of hydrogen-bond acceptors (Lipinski definition) is 4. The van der Waals surface area contributed by atoms with E-state index in [4.69, 9.17) is 13.6 Å². The zero-order chi connectivity index (χ0) is 19.4. The minimum absolute atomic E-state index is 0.413. The smallest absolute Gasteiger partial charge is 0.386 e. The van der Waals surface area contributed by atoms with E-state index in [9.17, 15) is 4.57 Å². The number of phosphoric acid groups is 1. The summed E-state index contributed by atoms with van der Waals surface area (Å²) in [5.41, 5.74) is 3.69. The van der Waals surface area contributed by atoms with Gasteiger partial charge in [-0.2, -0.15) is 4.57 Å². The minimum atomic E-state index is -3.98. The Labute approximate surface area is 160 Å². The Morgan fingerprint density at radius 1 is 0.630 bits per heavy atom. The number of para-hydroxylation sites is 1. The number of hydrogen-bond donors (Lipinski definition) is 0. The highest BCUT2D eigenvalue weighted by Crippen LogP contribution is 2.51. The fourth-order valence-electron chi connectivity index (χ4n) is 2.52. The van der Waals surface area contributed by atoms with Crippen molar-refractivity contribution in [2.24, 2.45) is 0 Å². The molecule has 0 fully saturated rings. The highest BCUT2D eigenvalue weighted by atomic mass is 31.2. The molecule has 5 heteroatoms. The van der Waals surface area contributed by atoms with Gasteiger partial charge in [-0.3, -0.25) is 0 Å². The molecule has 3 aromatic rings. The molecule has 0 aliphatic heterocycles. The summed E-state index contributed by atoms with van der Waals surface area (Å²) in [6.45, 7) is 7.67. The van der Waals surface area contributed by atoms with Gasteiger partial charge in [0.2, 0.25) is 0 Å². The van der Waals surface area contributed by atoms with E-state index in [0.29, 0.717) is 17.2 Å². The van der Waals surface area contributed by atoms with Crippen molar-refractivity contribution < 1.29 is 18.1 Å². The largest absolute Gasteiger partial charge is 0.647 e. The molecule has 140 valence electrons. The molecule has 0 saturated carbocycles. The van der Waals surface area contributed by atoms with Crippen molar-refractivity contribution in [1.29, 1.82) is 0 Å². The molecule has 0 aliphatic rings. The first-order valence-corrected chi connectivity index (χ1v) is 10.2. The third kappa shape index (κ3) is 4.93. The van der Waals surface area contributed by atoms with Crippen LogP contribution in [0.2, 0.25) is 0 Å². The molecule has 0 unspecified atom stereocenters. The molecule has 4 nitrogen and oxygen atoms in total. The highest BCUT2D eigenvalue weighted by Gasteiger charge is 2.34. The summed E-state index contributed by atoms with van der Waals surface area (Å²) in [7, 11) is -3.98. The summed E-state index contributed by atoms with van der Waals surface area (Å²) in [6, 6.07) is 20.3. The molecule has 0 aromatic heterocycles. The maximum absolute atomic E-state index is 13.6. The van der Waals surface area contributed by atoms with Gasteiger partial charge in [-0.15, -0.1) is 0 Å². The Morgan fingerprint density at radius 3 is 1.59 bits per heavy atom. The topological polar surface area (TPSA) is 44.8 Å². The second-order valence-corrected chi connectivity index (χ2v) is 8.01. The quantitative estimate of drug-likeness (QED) is 0.453. The molecule has 3 rings (SSSR count). The van der Waals surface area contributed by atoms with E-state index in [2.05, 4.69) is 0 Å². The van der Waals surface area contributed by atoms with Crippen LogP contribution in [0.1, 0.15) is 22.3 Å². The SMILES string of the molecule is Cc1ccc(C)c(OP(=O)(Oc2ccccc2)Oc2cc(C)ccc2C)c1. The zero-order valence-corrected chi connectivity index (χ0v) is 16.8. The molecule has 0 saturated heterocycles. The van der Waals surface area contributed by atoms with Crippen molar-refractivity contribution in [3.8, 4) is 17.2 Å². The van der Waals surface area contributed by atoms with Crippen LogP contribution in [0.25, 0.3) is 0 Å².